The van der Waals surface area contributed by atoms with Crippen molar-refractivity contribution in [3.8, 4) is 0 Å². The molecule has 1 amide bonds. The molecule has 4 rings (SSSR count). The molecule has 4 saturated heterocycles. The second-order valence-corrected chi connectivity index (χ2v) is 13.4. The van der Waals surface area contributed by atoms with Crippen molar-refractivity contribution in [2.24, 2.45) is 0 Å². The maximum Gasteiger partial charge on any atom is 0.220 e. The molecule has 0 aromatic rings. The van der Waals surface area contributed by atoms with E-state index in [-0.39, 0.29) is 19.1 Å². The van der Waals surface area contributed by atoms with Gasteiger partial charge in [-0.25, -0.2) is 0 Å². The predicted octanol–water partition coefficient (Wildman–Crippen LogP) is 0.0951. The Labute approximate surface area is 232 Å². The number of carbonyl (C=O) groups excluding carboxylic acids is 1. The Morgan fingerprint density at radius 2 is 1.46 bits per heavy atom. The minimum atomic E-state index is -1.08. The first-order valence-corrected chi connectivity index (χ1v) is 14.4. The molecule has 12 atom stereocenters. The summed E-state index contributed by atoms with van der Waals surface area (Å²) in [5.41, 5.74) is -2.88. The lowest BCUT2D eigenvalue weighted by Gasteiger charge is -2.69. The number of nitrogens with one attached hydrogen (secondary N) is 1. The molecule has 5 N–H and O–H groups in total. The van der Waals surface area contributed by atoms with Gasteiger partial charge in [0.15, 0.2) is 0 Å². The van der Waals surface area contributed by atoms with E-state index in [4.69, 9.17) is 18.9 Å². The number of hydrogen-bond donors (Lipinski definition) is 5. The molecule has 39 heavy (non-hydrogen) atoms. The van der Waals surface area contributed by atoms with Gasteiger partial charge >= 0.3 is 0 Å². The molecule has 0 aliphatic carbocycles. The van der Waals surface area contributed by atoms with Crippen LogP contribution in [0.1, 0.15) is 75.2 Å². The van der Waals surface area contributed by atoms with Gasteiger partial charge in [0.25, 0.3) is 0 Å². The molecule has 4 aliphatic rings. The molecule has 0 saturated carbocycles. The summed E-state index contributed by atoms with van der Waals surface area (Å²) in [5, 5.41) is 46.7. The Balaban J connectivity index is 1.58. The molecule has 0 aromatic carbocycles. The van der Waals surface area contributed by atoms with Crippen LogP contribution in [0.5, 0.6) is 0 Å². The molecular weight excluding hydrogens is 508 g/mol. The smallest absolute Gasteiger partial charge is 0.220 e. The molecule has 11 heteroatoms. The molecule has 12 unspecified atom stereocenters. The minimum Gasteiger partial charge on any atom is -0.394 e. The van der Waals surface area contributed by atoms with Crippen LogP contribution in [0.2, 0.25) is 0 Å². The van der Waals surface area contributed by atoms with Crippen molar-refractivity contribution in [2.75, 3.05) is 13.2 Å². The van der Waals surface area contributed by atoms with E-state index < -0.39 is 83.2 Å². The van der Waals surface area contributed by atoms with Gasteiger partial charge in [0.1, 0.15) is 42.7 Å². The number of carbonyl (C=O) groups is 1. The van der Waals surface area contributed by atoms with Crippen LogP contribution in [0.25, 0.3) is 0 Å². The fourth-order valence-electron chi connectivity index (χ4n) is 7.58. The van der Waals surface area contributed by atoms with E-state index in [0.717, 1.165) is 0 Å². The van der Waals surface area contributed by atoms with Gasteiger partial charge in [0.2, 0.25) is 5.91 Å². The Morgan fingerprint density at radius 1 is 0.923 bits per heavy atom. The normalized spacial score (nSPS) is 46.1. The molecule has 4 fully saturated rings. The Hall–Kier alpha value is -0.890. The molecule has 4 heterocycles. The molecule has 226 valence electrons. The monoisotopic (exact) mass is 558 g/mol. The molecular formula is C28H50N2O9. The van der Waals surface area contributed by atoms with E-state index in [2.05, 4.69) is 5.32 Å². The summed E-state index contributed by atoms with van der Waals surface area (Å²) in [6, 6.07) is -1.03. The average molecular weight is 559 g/mol. The van der Waals surface area contributed by atoms with Crippen molar-refractivity contribution in [2.45, 2.75) is 158 Å². The molecule has 0 spiro atoms. The summed E-state index contributed by atoms with van der Waals surface area (Å²) >= 11 is 0. The number of aliphatic hydroxyl groups is 4. The van der Waals surface area contributed by atoms with Crippen molar-refractivity contribution in [3.63, 3.8) is 0 Å². The quantitative estimate of drug-likeness (QED) is 0.277. The van der Waals surface area contributed by atoms with E-state index >= 15 is 0 Å². The number of likely N-dealkylation sites (tertiary alicyclic amines) is 1. The molecule has 0 bridgehead atoms. The third-order valence-corrected chi connectivity index (χ3v) is 9.74. The summed E-state index contributed by atoms with van der Waals surface area (Å²) in [5.74, 6) is -0.149. The zero-order chi connectivity index (χ0) is 29.3. The summed E-state index contributed by atoms with van der Waals surface area (Å²) < 4.78 is 25.4. The summed E-state index contributed by atoms with van der Waals surface area (Å²) in [6.45, 7) is 16.1. The van der Waals surface area contributed by atoms with Crippen molar-refractivity contribution in [3.05, 3.63) is 0 Å². The van der Waals surface area contributed by atoms with Crippen LogP contribution in [-0.2, 0) is 23.7 Å². The highest BCUT2D eigenvalue weighted by atomic mass is 16.6. The van der Waals surface area contributed by atoms with E-state index in [9.17, 15) is 25.2 Å². The first-order chi connectivity index (χ1) is 18.0. The standard InChI is InChI=1S/C28H50N2O9/c1-10-27(9)24-18(30(27)14(3)33)20(35)22(16(13-32)37-24)39-26(7,8)28(11-2)23-17(29-28)19(34)21(15(12-31)36-23)38-25(4,5)6/h15-24,29,31-32,34-35H,10-13H2,1-9H3. The van der Waals surface area contributed by atoms with Crippen LogP contribution in [0.4, 0.5) is 0 Å². The van der Waals surface area contributed by atoms with Gasteiger partial charge in [0.05, 0.1) is 53.7 Å². The van der Waals surface area contributed by atoms with Crippen molar-refractivity contribution in [1.82, 2.24) is 10.2 Å². The second kappa shape index (κ2) is 10.4. The zero-order valence-corrected chi connectivity index (χ0v) is 24.9. The number of aliphatic hydroxyl groups excluding tert-OH is 4. The van der Waals surface area contributed by atoms with Crippen LogP contribution in [-0.4, -0.2) is 128 Å². The minimum absolute atomic E-state index is 0.149. The number of hydrogen-bond acceptors (Lipinski definition) is 10. The number of amides is 1. The third kappa shape index (κ3) is 4.66. The summed E-state index contributed by atoms with van der Waals surface area (Å²) in [4.78, 5) is 14.2. The number of ether oxygens (including phenoxy) is 4. The van der Waals surface area contributed by atoms with Crippen molar-refractivity contribution >= 4 is 5.91 Å². The fourth-order valence-corrected chi connectivity index (χ4v) is 7.58. The van der Waals surface area contributed by atoms with E-state index in [1.165, 1.54) is 6.92 Å². The Morgan fingerprint density at radius 3 is 1.92 bits per heavy atom. The van der Waals surface area contributed by atoms with E-state index in [1.807, 2.05) is 55.4 Å². The molecule has 11 nitrogen and oxygen atoms in total. The van der Waals surface area contributed by atoms with Gasteiger partial charge in [-0.05, 0) is 54.4 Å². The van der Waals surface area contributed by atoms with Crippen LogP contribution in [0.3, 0.4) is 0 Å². The van der Waals surface area contributed by atoms with Gasteiger partial charge < -0.3 is 44.3 Å². The average Bonchev–Trinajstić information content (AvgIpc) is 2.82. The van der Waals surface area contributed by atoms with E-state index in [0.29, 0.717) is 12.8 Å². The van der Waals surface area contributed by atoms with Crippen molar-refractivity contribution in [1.29, 1.82) is 0 Å². The SMILES string of the molecule is CCC1(C)C2OC(CO)C(OC(C)(C)C3(CC)NC4C(O)C(OC(C)(C)C)C(CO)OC43)C(O)C2N1C(C)=O. The highest BCUT2D eigenvalue weighted by Crippen LogP contribution is 2.51. The van der Waals surface area contributed by atoms with Crippen molar-refractivity contribution < 1.29 is 44.2 Å². The van der Waals surface area contributed by atoms with Crippen LogP contribution in [0.15, 0.2) is 0 Å². The summed E-state index contributed by atoms with van der Waals surface area (Å²) in [7, 11) is 0. The van der Waals surface area contributed by atoms with Gasteiger partial charge in [-0.2, -0.15) is 0 Å². The highest BCUT2D eigenvalue weighted by Gasteiger charge is 2.70. The molecule has 0 radical (unpaired) electrons. The largest absolute Gasteiger partial charge is 0.394 e. The second-order valence-electron chi connectivity index (χ2n) is 13.4. The summed E-state index contributed by atoms with van der Waals surface area (Å²) in [6.07, 6.45) is -4.88. The lowest BCUT2D eigenvalue weighted by molar-refractivity contribution is -0.342. The Kier molecular flexibility index (Phi) is 8.31. The maximum atomic E-state index is 12.6. The topological polar surface area (TPSA) is 150 Å². The zero-order valence-electron chi connectivity index (χ0n) is 24.9. The van der Waals surface area contributed by atoms with E-state index in [1.54, 1.807) is 4.90 Å². The lowest BCUT2D eigenvalue weighted by Crippen LogP contribution is -2.89. The van der Waals surface area contributed by atoms with Gasteiger partial charge in [0, 0.05) is 6.92 Å². The van der Waals surface area contributed by atoms with Crippen LogP contribution < -0.4 is 5.32 Å². The highest BCUT2D eigenvalue weighted by molar-refractivity contribution is 5.76. The first kappa shape index (κ1) is 31.1. The predicted molar refractivity (Wildman–Crippen MR) is 142 cm³/mol. The molecule has 0 aromatic heterocycles. The number of fused-ring (bicyclic) bond motifs is 2. The van der Waals surface area contributed by atoms with Crippen LogP contribution >= 0.6 is 0 Å². The third-order valence-electron chi connectivity index (χ3n) is 9.74. The first-order valence-electron chi connectivity index (χ1n) is 14.4. The Bertz CT molecular complexity index is 910. The maximum absolute atomic E-state index is 12.6. The van der Waals surface area contributed by atoms with Gasteiger partial charge in [-0.1, -0.05) is 13.8 Å². The number of nitrogens with zero attached hydrogens (tertiary/aromatic N) is 1. The van der Waals surface area contributed by atoms with Crippen LogP contribution in [0, 0.1) is 0 Å². The molecule has 4 aliphatic heterocycles. The number of rotatable bonds is 8. The van der Waals surface area contributed by atoms with Gasteiger partial charge in [-0.3, -0.25) is 10.1 Å². The lowest BCUT2D eigenvalue weighted by atomic mass is 9.63. The fraction of sp³-hybridized carbons (Fsp3) is 0.964. The van der Waals surface area contributed by atoms with Gasteiger partial charge in [-0.15, -0.1) is 0 Å².